The van der Waals surface area contributed by atoms with Gasteiger partial charge in [0, 0.05) is 19.6 Å². The number of nitrogens with zero attached hydrogens (tertiary/aromatic N) is 1. The highest BCUT2D eigenvalue weighted by Crippen LogP contribution is 2.23. The first-order chi connectivity index (χ1) is 11.3. The third-order valence-corrected chi connectivity index (χ3v) is 4.24. The van der Waals surface area contributed by atoms with Crippen LogP contribution in [-0.2, 0) is 13.0 Å². The van der Waals surface area contributed by atoms with Crippen LogP contribution in [0.15, 0.2) is 42.5 Å². The second-order valence-corrected chi connectivity index (χ2v) is 5.68. The van der Waals surface area contributed by atoms with Gasteiger partial charge in [0.1, 0.15) is 23.9 Å². The lowest BCUT2D eigenvalue weighted by atomic mass is 9.99. The van der Waals surface area contributed by atoms with Gasteiger partial charge in [-0.3, -0.25) is 4.90 Å². The van der Waals surface area contributed by atoms with E-state index >= 15 is 0 Å². The van der Waals surface area contributed by atoms with E-state index in [0.29, 0.717) is 6.61 Å². The highest BCUT2D eigenvalue weighted by atomic mass is 16.5. The van der Waals surface area contributed by atoms with Gasteiger partial charge < -0.3 is 14.2 Å². The molecule has 0 amide bonds. The molecule has 0 N–H and O–H groups in total. The Morgan fingerprint density at radius 3 is 2.30 bits per heavy atom. The van der Waals surface area contributed by atoms with Crippen molar-refractivity contribution in [3.8, 4) is 17.2 Å². The maximum atomic E-state index is 5.82. The summed E-state index contributed by atoms with van der Waals surface area (Å²) in [6.45, 7) is 3.64. The van der Waals surface area contributed by atoms with E-state index in [-0.39, 0.29) is 0 Å². The number of hydrogen-bond acceptors (Lipinski definition) is 4. The van der Waals surface area contributed by atoms with Crippen LogP contribution in [0.25, 0.3) is 0 Å². The Morgan fingerprint density at radius 1 is 0.870 bits per heavy atom. The fraction of sp³-hybridized carbons (Fsp3) is 0.368. The number of ether oxygens (including phenoxy) is 3. The lowest BCUT2D eigenvalue weighted by molar-refractivity contribution is 0.196. The van der Waals surface area contributed by atoms with E-state index in [9.17, 15) is 0 Å². The van der Waals surface area contributed by atoms with Crippen molar-refractivity contribution in [2.75, 3.05) is 33.9 Å². The Labute approximate surface area is 137 Å². The molecular formula is C19H23NO3. The van der Waals surface area contributed by atoms with Crippen LogP contribution in [0.4, 0.5) is 0 Å². The highest BCUT2D eigenvalue weighted by molar-refractivity contribution is 5.37. The predicted octanol–water partition coefficient (Wildman–Crippen LogP) is 3.14. The maximum absolute atomic E-state index is 5.82. The molecule has 0 unspecified atom stereocenters. The summed E-state index contributed by atoms with van der Waals surface area (Å²) in [7, 11) is 3.38. The zero-order valence-corrected chi connectivity index (χ0v) is 13.7. The average molecular weight is 313 g/mol. The first-order valence-electron chi connectivity index (χ1n) is 7.93. The average Bonchev–Trinajstić information content (AvgIpc) is 2.61. The summed E-state index contributed by atoms with van der Waals surface area (Å²) < 4.78 is 16.3. The lowest BCUT2D eigenvalue weighted by Crippen LogP contribution is -2.33. The van der Waals surface area contributed by atoms with E-state index in [0.717, 1.165) is 43.3 Å². The van der Waals surface area contributed by atoms with Crippen molar-refractivity contribution in [3.05, 3.63) is 53.6 Å². The molecule has 4 heteroatoms. The van der Waals surface area contributed by atoms with E-state index in [4.69, 9.17) is 14.2 Å². The minimum Gasteiger partial charge on any atom is -0.497 e. The molecule has 0 aliphatic carbocycles. The number of benzene rings is 2. The first kappa shape index (κ1) is 15.7. The number of fused-ring (bicyclic) bond motifs is 1. The molecule has 122 valence electrons. The van der Waals surface area contributed by atoms with Gasteiger partial charge in [-0.05, 0) is 53.9 Å². The monoisotopic (exact) mass is 313 g/mol. The molecule has 4 nitrogen and oxygen atoms in total. The summed E-state index contributed by atoms with van der Waals surface area (Å²) in [6, 6.07) is 14.1. The van der Waals surface area contributed by atoms with Gasteiger partial charge in [-0.25, -0.2) is 0 Å². The molecule has 0 saturated heterocycles. The molecule has 0 spiro atoms. The van der Waals surface area contributed by atoms with Gasteiger partial charge in [0.2, 0.25) is 0 Å². The van der Waals surface area contributed by atoms with Crippen molar-refractivity contribution in [2.24, 2.45) is 0 Å². The first-order valence-corrected chi connectivity index (χ1v) is 7.93. The molecule has 23 heavy (non-hydrogen) atoms. The maximum Gasteiger partial charge on any atom is 0.119 e. The van der Waals surface area contributed by atoms with Crippen LogP contribution in [0.1, 0.15) is 11.1 Å². The molecule has 1 aliphatic rings. The van der Waals surface area contributed by atoms with Gasteiger partial charge in [-0.2, -0.15) is 0 Å². The zero-order chi connectivity index (χ0) is 16.1. The molecule has 0 saturated carbocycles. The fourth-order valence-electron chi connectivity index (χ4n) is 2.87. The number of methoxy groups -OCH3 is 2. The molecule has 2 aromatic rings. The van der Waals surface area contributed by atoms with Crippen LogP contribution in [0, 0.1) is 0 Å². The summed E-state index contributed by atoms with van der Waals surface area (Å²) in [4.78, 5) is 2.42. The Hall–Kier alpha value is -2.20. The van der Waals surface area contributed by atoms with Crippen molar-refractivity contribution < 1.29 is 14.2 Å². The third kappa shape index (κ3) is 3.96. The fourth-order valence-corrected chi connectivity index (χ4v) is 2.87. The Kier molecular flexibility index (Phi) is 5.03. The summed E-state index contributed by atoms with van der Waals surface area (Å²) >= 11 is 0. The minimum absolute atomic E-state index is 0.686. The lowest BCUT2D eigenvalue weighted by Gasteiger charge is -2.28. The molecule has 0 aromatic heterocycles. The molecule has 0 radical (unpaired) electrons. The van der Waals surface area contributed by atoms with Crippen LogP contribution in [0.2, 0.25) is 0 Å². The van der Waals surface area contributed by atoms with Gasteiger partial charge >= 0.3 is 0 Å². The minimum atomic E-state index is 0.686. The molecule has 1 aliphatic heterocycles. The molecular weight excluding hydrogens is 290 g/mol. The van der Waals surface area contributed by atoms with E-state index in [1.54, 1.807) is 14.2 Å². The van der Waals surface area contributed by atoms with E-state index in [2.05, 4.69) is 17.0 Å². The van der Waals surface area contributed by atoms with Crippen molar-refractivity contribution in [1.82, 2.24) is 4.90 Å². The summed E-state index contributed by atoms with van der Waals surface area (Å²) in [6.07, 6.45) is 1.09. The SMILES string of the molecule is COc1ccc(OCCN2CCc3ccc(OC)cc3C2)cc1. The van der Waals surface area contributed by atoms with Crippen LogP contribution in [0.5, 0.6) is 17.2 Å². The normalized spacial score (nSPS) is 14.2. The Morgan fingerprint density at radius 2 is 1.57 bits per heavy atom. The van der Waals surface area contributed by atoms with Crippen molar-refractivity contribution in [3.63, 3.8) is 0 Å². The largest absolute Gasteiger partial charge is 0.497 e. The topological polar surface area (TPSA) is 30.9 Å². The van der Waals surface area contributed by atoms with E-state index in [1.807, 2.05) is 30.3 Å². The molecule has 2 aromatic carbocycles. The Bertz CT molecular complexity index is 640. The molecule has 0 fully saturated rings. The van der Waals surface area contributed by atoms with Crippen molar-refractivity contribution in [2.45, 2.75) is 13.0 Å². The van der Waals surface area contributed by atoms with Gasteiger partial charge in [0.25, 0.3) is 0 Å². The zero-order valence-electron chi connectivity index (χ0n) is 13.7. The molecule has 0 bridgehead atoms. The third-order valence-electron chi connectivity index (χ3n) is 4.24. The molecule has 0 atom stereocenters. The van der Waals surface area contributed by atoms with Crippen LogP contribution < -0.4 is 14.2 Å². The van der Waals surface area contributed by atoms with Gasteiger partial charge in [-0.1, -0.05) is 6.07 Å². The highest BCUT2D eigenvalue weighted by Gasteiger charge is 2.16. The quantitative estimate of drug-likeness (QED) is 0.820. The van der Waals surface area contributed by atoms with Gasteiger partial charge in [0.05, 0.1) is 14.2 Å². The van der Waals surface area contributed by atoms with Gasteiger partial charge in [-0.15, -0.1) is 0 Å². The van der Waals surface area contributed by atoms with Crippen molar-refractivity contribution >= 4 is 0 Å². The van der Waals surface area contributed by atoms with Crippen molar-refractivity contribution in [1.29, 1.82) is 0 Å². The summed E-state index contributed by atoms with van der Waals surface area (Å²) in [5.41, 5.74) is 2.79. The van der Waals surface area contributed by atoms with Crippen LogP contribution in [-0.4, -0.2) is 38.8 Å². The van der Waals surface area contributed by atoms with Gasteiger partial charge in [0.15, 0.2) is 0 Å². The van der Waals surface area contributed by atoms with E-state index in [1.165, 1.54) is 11.1 Å². The van der Waals surface area contributed by atoms with Crippen LogP contribution >= 0.6 is 0 Å². The predicted molar refractivity (Wildman–Crippen MR) is 90.5 cm³/mol. The second kappa shape index (κ2) is 7.38. The number of rotatable bonds is 6. The molecule has 1 heterocycles. The molecule has 3 rings (SSSR count). The van der Waals surface area contributed by atoms with E-state index < -0.39 is 0 Å². The smallest absolute Gasteiger partial charge is 0.119 e. The standard InChI is InChI=1S/C19H23NO3/c1-21-17-5-7-18(8-6-17)23-12-11-20-10-9-15-3-4-19(22-2)13-16(15)14-20/h3-8,13H,9-12,14H2,1-2H3. The van der Waals surface area contributed by atoms with Crippen LogP contribution in [0.3, 0.4) is 0 Å². The summed E-state index contributed by atoms with van der Waals surface area (Å²) in [5.74, 6) is 2.66. The second-order valence-electron chi connectivity index (χ2n) is 5.68. The number of hydrogen-bond donors (Lipinski definition) is 0. The Balaban J connectivity index is 1.51. The summed E-state index contributed by atoms with van der Waals surface area (Å²) in [5, 5.41) is 0.